The lowest BCUT2D eigenvalue weighted by atomic mass is 9.98. The topological polar surface area (TPSA) is 21.3 Å². The van der Waals surface area contributed by atoms with Crippen LogP contribution in [0.5, 0.6) is 5.75 Å². The van der Waals surface area contributed by atoms with E-state index in [1.165, 1.54) is 6.07 Å². The number of ether oxygens (including phenoxy) is 1. The summed E-state index contributed by atoms with van der Waals surface area (Å²) in [5.41, 5.74) is 1.94. The van der Waals surface area contributed by atoms with Gasteiger partial charge in [-0.1, -0.05) is 15.9 Å². The van der Waals surface area contributed by atoms with Gasteiger partial charge < -0.3 is 10.1 Å². The summed E-state index contributed by atoms with van der Waals surface area (Å²) in [4.78, 5) is 0. The fourth-order valence-corrected chi connectivity index (χ4v) is 3.51. The molecule has 1 unspecified atom stereocenters. The average Bonchev–Trinajstić information content (AvgIpc) is 2.46. The first-order valence-corrected chi connectivity index (χ1v) is 8.79. The van der Waals surface area contributed by atoms with Crippen LogP contribution in [-0.4, -0.2) is 14.2 Å². The summed E-state index contributed by atoms with van der Waals surface area (Å²) in [6.45, 7) is 0. The molecular weight excluding hydrogens is 516 g/mol. The van der Waals surface area contributed by atoms with Crippen LogP contribution in [0.4, 0.5) is 4.39 Å². The zero-order chi connectivity index (χ0) is 15.6. The van der Waals surface area contributed by atoms with E-state index in [1.54, 1.807) is 13.2 Å². The van der Waals surface area contributed by atoms with Gasteiger partial charge in [-0.05, 0) is 75.4 Å². The van der Waals surface area contributed by atoms with Crippen LogP contribution < -0.4 is 10.1 Å². The van der Waals surface area contributed by atoms with Gasteiger partial charge in [0.2, 0.25) is 0 Å². The van der Waals surface area contributed by atoms with Gasteiger partial charge in [0, 0.05) is 19.7 Å². The van der Waals surface area contributed by atoms with E-state index in [1.807, 2.05) is 19.2 Å². The molecule has 21 heavy (non-hydrogen) atoms. The van der Waals surface area contributed by atoms with Gasteiger partial charge in [0.25, 0.3) is 0 Å². The van der Waals surface area contributed by atoms with Crippen molar-refractivity contribution in [1.82, 2.24) is 5.32 Å². The third kappa shape index (κ3) is 3.78. The molecule has 0 saturated carbocycles. The minimum Gasteiger partial charge on any atom is -0.496 e. The van der Waals surface area contributed by atoms with E-state index in [-0.39, 0.29) is 11.9 Å². The Morgan fingerprint density at radius 2 is 1.86 bits per heavy atom. The van der Waals surface area contributed by atoms with Crippen LogP contribution in [0.2, 0.25) is 0 Å². The minimum atomic E-state index is -0.341. The first kappa shape index (κ1) is 17.2. The number of hydrogen-bond acceptors (Lipinski definition) is 2. The molecule has 2 rings (SSSR count). The lowest BCUT2D eigenvalue weighted by molar-refractivity contribution is 0.401. The van der Waals surface area contributed by atoms with Crippen LogP contribution in [0.3, 0.4) is 0 Å². The molecule has 0 fully saturated rings. The van der Waals surface area contributed by atoms with Gasteiger partial charge in [-0.3, -0.25) is 0 Å². The molecule has 0 heterocycles. The summed E-state index contributed by atoms with van der Waals surface area (Å²) in [5, 5.41) is 3.27. The normalized spacial score (nSPS) is 12.3. The molecule has 0 amide bonds. The highest BCUT2D eigenvalue weighted by Gasteiger charge is 2.21. The molecule has 2 aromatic rings. The van der Waals surface area contributed by atoms with Crippen LogP contribution in [0, 0.1) is 9.39 Å². The Morgan fingerprint density at radius 3 is 2.48 bits per heavy atom. The fourth-order valence-electron chi connectivity index (χ4n) is 2.16. The Morgan fingerprint density at radius 1 is 1.14 bits per heavy atom. The molecule has 2 aromatic carbocycles. The molecule has 0 spiro atoms. The van der Waals surface area contributed by atoms with Crippen LogP contribution in [0.1, 0.15) is 17.2 Å². The number of benzene rings is 2. The summed E-state index contributed by atoms with van der Waals surface area (Å²) in [6.07, 6.45) is 0. The van der Waals surface area contributed by atoms with Crippen molar-refractivity contribution in [3.8, 4) is 5.75 Å². The van der Waals surface area contributed by atoms with Crippen molar-refractivity contribution in [2.75, 3.05) is 14.2 Å². The van der Waals surface area contributed by atoms with Crippen molar-refractivity contribution in [1.29, 1.82) is 0 Å². The molecule has 0 aliphatic heterocycles. The van der Waals surface area contributed by atoms with Crippen molar-refractivity contribution in [2.24, 2.45) is 0 Å². The van der Waals surface area contributed by atoms with Crippen molar-refractivity contribution < 1.29 is 9.13 Å². The number of halogens is 4. The Bertz CT molecular complexity index is 666. The molecule has 2 nitrogen and oxygen atoms in total. The van der Waals surface area contributed by atoms with E-state index in [4.69, 9.17) is 4.74 Å². The van der Waals surface area contributed by atoms with Crippen molar-refractivity contribution in [3.05, 3.63) is 59.8 Å². The van der Waals surface area contributed by atoms with Gasteiger partial charge in [0.05, 0.1) is 17.6 Å². The molecule has 1 atom stereocenters. The zero-order valence-corrected chi connectivity index (χ0v) is 16.7. The first-order chi connectivity index (χ1) is 9.97. The summed E-state index contributed by atoms with van der Waals surface area (Å²) >= 11 is 9.09. The Hall–Kier alpha value is -0.180. The number of methoxy groups -OCH3 is 1. The molecule has 0 saturated heterocycles. The van der Waals surface area contributed by atoms with Gasteiger partial charge in [0.15, 0.2) is 0 Å². The van der Waals surface area contributed by atoms with Crippen LogP contribution in [-0.2, 0) is 0 Å². The second kappa shape index (κ2) is 7.39. The maximum atomic E-state index is 13.7. The largest absolute Gasteiger partial charge is 0.496 e. The zero-order valence-electron chi connectivity index (χ0n) is 11.4. The minimum absolute atomic E-state index is 0.110. The first-order valence-electron chi connectivity index (χ1n) is 6.13. The SMILES string of the molecule is CNC(c1cc(I)ccc1Br)c1cc(Br)c(F)cc1OC. The Balaban J connectivity index is 2.61. The monoisotopic (exact) mass is 527 g/mol. The van der Waals surface area contributed by atoms with E-state index in [9.17, 15) is 4.39 Å². The van der Waals surface area contributed by atoms with Crippen molar-refractivity contribution >= 4 is 54.5 Å². The van der Waals surface area contributed by atoms with E-state index >= 15 is 0 Å². The predicted octanol–water partition coefficient (Wildman–Crippen LogP) is 5.27. The third-order valence-electron chi connectivity index (χ3n) is 3.14. The van der Waals surface area contributed by atoms with E-state index in [0.29, 0.717) is 10.2 Å². The van der Waals surface area contributed by atoms with Gasteiger partial charge >= 0.3 is 0 Å². The average molecular weight is 529 g/mol. The van der Waals surface area contributed by atoms with Gasteiger partial charge in [-0.25, -0.2) is 4.39 Å². The van der Waals surface area contributed by atoms with Crippen LogP contribution >= 0.6 is 54.5 Å². The standard InChI is InChI=1S/C15H13Br2FINO/c1-20-15(9-5-8(19)3-4-11(9)16)10-6-12(17)13(18)7-14(10)21-2/h3-7,15,20H,1-2H3. The smallest absolute Gasteiger partial charge is 0.141 e. The summed E-state index contributed by atoms with van der Waals surface area (Å²) in [5.74, 6) is 0.174. The summed E-state index contributed by atoms with van der Waals surface area (Å²) in [6, 6.07) is 9.15. The Kier molecular flexibility index (Phi) is 6.05. The van der Waals surface area contributed by atoms with Crippen molar-refractivity contribution in [2.45, 2.75) is 6.04 Å². The van der Waals surface area contributed by atoms with Gasteiger partial charge in [-0.15, -0.1) is 0 Å². The third-order valence-corrected chi connectivity index (χ3v) is 5.14. The predicted molar refractivity (Wildman–Crippen MR) is 98.4 cm³/mol. The maximum Gasteiger partial charge on any atom is 0.141 e. The molecule has 1 N–H and O–H groups in total. The van der Waals surface area contributed by atoms with E-state index in [2.05, 4.69) is 65.8 Å². The second-order valence-corrected chi connectivity index (χ2v) is 7.35. The number of hydrogen-bond donors (Lipinski definition) is 1. The maximum absolute atomic E-state index is 13.7. The molecule has 0 aliphatic carbocycles. The second-order valence-electron chi connectivity index (χ2n) is 4.40. The van der Waals surface area contributed by atoms with Crippen LogP contribution in [0.25, 0.3) is 0 Å². The van der Waals surface area contributed by atoms with Gasteiger partial charge in [0.1, 0.15) is 11.6 Å². The highest BCUT2D eigenvalue weighted by Crippen LogP contribution is 2.36. The Labute approximate surface area is 153 Å². The molecule has 0 bridgehead atoms. The van der Waals surface area contributed by atoms with E-state index < -0.39 is 0 Å². The lowest BCUT2D eigenvalue weighted by Gasteiger charge is -2.22. The molecule has 0 aliphatic rings. The van der Waals surface area contributed by atoms with Crippen LogP contribution in [0.15, 0.2) is 39.3 Å². The molecule has 0 aromatic heterocycles. The van der Waals surface area contributed by atoms with Crippen molar-refractivity contribution in [3.63, 3.8) is 0 Å². The quantitative estimate of drug-likeness (QED) is 0.546. The number of rotatable bonds is 4. The van der Waals surface area contributed by atoms with E-state index in [0.717, 1.165) is 19.2 Å². The highest BCUT2D eigenvalue weighted by atomic mass is 127. The molecule has 112 valence electrons. The lowest BCUT2D eigenvalue weighted by Crippen LogP contribution is -2.19. The molecule has 0 radical (unpaired) electrons. The fraction of sp³-hybridized carbons (Fsp3) is 0.200. The summed E-state index contributed by atoms with van der Waals surface area (Å²) in [7, 11) is 3.41. The summed E-state index contributed by atoms with van der Waals surface area (Å²) < 4.78 is 21.6. The number of nitrogens with one attached hydrogen (secondary N) is 1. The van der Waals surface area contributed by atoms with Gasteiger partial charge in [-0.2, -0.15) is 0 Å². The molecular formula is C15H13Br2FINO. The highest BCUT2D eigenvalue weighted by molar-refractivity contribution is 14.1. The molecule has 6 heteroatoms.